The zero-order valence-electron chi connectivity index (χ0n) is 9.25. The summed E-state index contributed by atoms with van der Waals surface area (Å²) in [6, 6.07) is 0. The van der Waals surface area contributed by atoms with Crippen LogP contribution < -0.4 is 5.73 Å². The minimum absolute atomic E-state index is 0.439. The van der Waals surface area contributed by atoms with Crippen LogP contribution in [0.25, 0.3) is 10.6 Å². The Labute approximate surface area is 107 Å². The first-order chi connectivity index (χ1) is 8.20. The Morgan fingerprint density at radius 3 is 3.06 bits per heavy atom. The fraction of sp³-hybridized carbons (Fsp3) is 0.200. The molecule has 0 amide bonds. The Bertz CT molecular complexity index is 537. The zero-order chi connectivity index (χ0) is 12.3. The van der Waals surface area contributed by atoms with Crippen molar-refractivity contribution in [3.05, 3.63) is 24.7 Å². The van der Waals surface area contributed by atoms with Gasteiger partial charge < -0.3 is 5.73 Å². The predicted molar refractivity (Wildman–Crippen MR) is 71.0 cm³/mol. The molecule has 0 radical (unpaired) electrons. The molecule has 7 heteroatoms. The summed E-state index contributed by atoms with van der Waals surface area (Å²) < 4.78 is 0.889. The predicted octanol–water partition coefficient (Wildman–Crippen LogP) is 2.16. The minimum atomic E-state index is 0.439. The summed E-state index contributed by atoms with van der Waals surface area (Å²) in [5.74, 6) is 1.90. The van der Waals surface area contributed by atoms with Gasteiger partial charge in [-0.2, -0.15) is 0 Å². The molecule has 5 nitrogen and oxygen atoms in total. The summed E-state index contributed by atoms with van der Waals surface area (Å²) in [5, 5.41) is 8.89. The Hall–Kier alpha value is -1.47. The van der Waals surface area contributed by atoms with E-state index in [1.807, 2.05) is 6.08 Å². The number of thioether (sulfide) groups is 1. The fourth-order valence-corrected chi connectivity index (χ4v) is 2.79. The molecule has 2 aromatic rings. The SMILES string of the molecule is C=CCSc1nnc(-c2cnc(C)nc2N)s1. The third-order valence-electron chi connectivity index (χ3n) is 1.90. The van der Waals surface area contributed by atoms with Crippen LogP contribution in [0.4, 0.5) is 5.82 Å². The topological polar surface area (TPSA) is 77.6 Å². The van der Waals surface area contributed by atoms with E-state index in [9.17, 15) is 0 Å². The molecule has 0 saturated heterocycles. The highest BCUT2D eigenvalue weighted by atomic mass is 32.2. The Balaban J connectivity index is 2.27. The normalized spacial score (nSPS) is 10.4. The van der Waals surface area contributed by atoms with E-state index in [4.69, 9.17) is 5.73 Å². The second kappa shape index (κ2) is 5.24. The molecule has 88 valence electrons. The van der Waals surface area contributed by atoms with Crippen molar-refractivity contribution < 1.29 is 0 Å². The summed E-state index contributed by atoms with van der Waals surface area (Å²) in [6.07, 6.45) is 3.51. The first-order valence-electron chi connectivity index (χ1n) is 4.87. The highest BCUT2D eigenvalue weighted by Gasteiger charge is 2.11. The lowest BCUT2D eigenvalue weighted by atomic mass is 10.3. The third kappa shape index (κ3) is 2.80. The number of nitrogens with zero attached hydrogens (tertiary/aromatic N) is 4. The number of nitrogens with two attached hydrogens (primary N) is 1. The first-order valence-corrected chi connectivity index (χ1v) is 6.67. The van der Waals surface area contributed by atoms with Gasteiger partial charge in [-0.1, -0.05) is 29.2 Å². The summed E-state index contributed by atoms with van der Waals surface area (Å²) in [6.45, 7) is 5.46. The molecule has 0 unspecified atom stereocenters. The van der Waals surface area contributed by atoms with Gasteiger partial charge in [-0.15, -0.1) is 16.8 Å². The lowest BCUT2D eigenvalue weighted by Gasteiger charge is -1.99. The number of anilines is 1. The van der Waals surface area contributed by atoms with Crippen LogP contribution in [-0.2, 0) is 0 Å². The second-order valence-corrected chi connectivity index (χ2v) is 5.43. The third-order valence-corrected chi connectivity index (χ3v) is 3.99. The molecule has 0 saturated carbocycles. The molecule has 0 aliphatic heterocycles. The van der Waals surface area contributed by atoms with Crippen LogP contribution in [0.1, 0.15) is 5.82 Å². The molecule has 2 heterocycles. The van der Waals surface area contributed by atoms with Crippen LogP contribution in [0.5, 0.6) is 0 Å². The second-order valence-electron chi connectivity index (χ2n) is 3.19. The number of hydrogen-bond acceptors (Lipinski definition) is 7. The van der Waals surface area contributed by atoms with Gasteiger partial charge in [-0.25, -0.2) is 9.97 Å². The highest BCUT2D eigenvalue weighted by molar-refractivity contribution is 8.01. The van der Waals surface area contributed by atoms with Crippen molar-refractivity contribution in [2.75, 3.05) is 11.5 Å². The number of aryl methyl sites for hydroxylation is 1. The monoisotopic (exact) mass is 265 g/mol. The number of aromatic nitrogens is 4. The van der Waals surface area contributed by atoms with Crippen LogP contribution in [-0.4, -0.2) is 25.9 Å². The number of nitrogen functional groups attached to an aromatic ring is 1. The van der Waals surface area contributed by atoms with Gasteiger partial charge in [0.1, 0.15) is 11.6 Å². The van der Waals surface area contributed by atoms with Crippen LogP contribution in [0.2, 0.25) is 0 Å². The van der Waals surface area contributed by atoms with Crippen molar-refractivity contribution in [2.24, 2.45) is 0 Å². The molecular weight excluding hydrogens is 254 g/mol. The quantitative estimate of drug-likeness (QED) is 0.674. The van der Waals surface area contributed by atoms with Crippen LogP contribution in [0.15, 0.2) is 23.2 Å². The average Bonchev–Trinajstić information content (AvgIpc) is 2.75. The largest absolute Gasteiger partial charge is 0.383 e. The van der Waals surface area contributed by atoms with Crippen molar-refractivity contribution in [1.82, 2.24) is 20.2 Å². The van der Waals surface area contributed by atoms with E-state index in [1.165, 1.54) is 11.3 Å². The van der Waals surface area contributed by atoms with Crippen molar-refractivity contribution in [2.45, 2.75) is 11.3 Å². The highest BCUT2D eigenvalue weighted by Crippen LogP contribution is 2.31. The van der Waals surface area contributed by atoms with E-state index in [-0.39, 0.29) is 0 Å². The van der Waals surface area contributed by atoms with Gasteiger partial charge in [0.2, 0.25) is 0 Å². The smallest absolute Gasteiger partial charge is 0.174 e. The molecule has 2 rings (SSSR count). The lowest BCUT2D eigenvalue weighted by molar-refractivity contribution is 1.01. The Morgan fingerprint density at radius 2 is 2.35 bits per heavy atom. The Kier molecular flexibility index (Phi) is 3.70. The molecule has 0 fully saturated rings. The zero-order valence-corrected chi connectivity index (χ0v) is 10.9. The summed E-state index contributed by atoms with van der Waals surface area (Å²) in [4.78, 5) is 8.22. The molecule has 2 N–H and O–H groups in total. The Morgan fingerprint density at radius 1 is 1.53 bits per heavy atom. The summed E-state index contributed by atoms with van der Waals surface area (Å²) >= 11 is 3.07. The van der Waals surface area contributed by atoms with Crippen LogP contribution >= 0.6 is 23.1 Å². The molecule has 0 aliphatic rings. The van der Waals surface area contributed by atoms with Gasteiger partial charge in [0, 0.05) is 11.9 Å². The lowest BCUT2D eigenvalue weighted by Crippen LogP contribution is -1.97. The molecule has 0 spiro atoms. The van der Waals surface area contributed by atoms with E-state index in [1.54, 1.807) is 24.9 Å². The molecule has 2 aromatic heterocycles. The van der Waals surface area contributed by atoms with Gasteiger partial charge in [-0.3, -0.25) is 0 Å². The van der Waals surface area contributed by atoms with Crippen molar-refractivity contribution in [3.63, 3.8) is 0 Å². The standard InChI is InChI=1S/C10H11N5S2/c1-3-4-16-10-15-14-9(17-10)7-5-12-6(2)13-8(7)11/h3,5H,1,4H2,2H3,(H2,11,12,13). The maximum absolute atomic E-state index is 5.83. The first kappa shape index (κ1) is 12.0. The van der Waals surface area contributed by atoms with Crippen LogP contribution in [0.3, 0.4) is 0 Å². The van der Waals surface area contributed by atoms with E-state index in [0.29, 0.717) is 11.6 Å². The maximum Gasteiger partial charge on any atom is 0.174 e. The van der Waals surface area contributed by atoms with Crippen molar-refractivity contribution in [3.8, 4) is 10.6 Å². The minimum Gasteiger partial charge on any atom is -0.383 e. The van der Waals surface area contributed by atoms with Gasteiger partial charge >= 0.3 is 0 Å². The summed E-state index contributed by atoms with van der Waals surface area (Å²) in [5.41, 5.74) is 6.56. The van der Waals surface area contributed by atoms with Gasteiger partial charge in [0.05, 0.1) is 5.56 Å². The van der Waals surface area contributed by atoms with Gasteiger partial charge in [0.25, 0.3) is 0 Å². The fourth-order valence-electron chi connectivity index (χ4n) is 1.16. The molecular formula is C10H11N5S2. The molecule has 17 heavy (non-hydrogen) atoms. The molecule has 0 aliphatic carbocycles. The average molecular weight is 265 g/mol. The number of hydrogen-bond donors (Lipinski definition) is 1. The van der Waals surface area contributed by atoms with E-state index < -0.39 is 0 Å². The molecule has 0 aromatic carbocycles. The van der Waals surface area contributed by atoms with Gasteiger partial charge in [-0.05, 0) is 6.92 Å². The van der Waals surface area contributed by atoms with E-state index >= 15 is 0 Å². The van der Waals surface area contributed by atoms with Crippen molar-refractivity contribution >= 4 is 28.9 Å². The molecule has 0 atom stereocenters. The van der Waals surface area contributed by atoms with Crippen LogP contribution in [0, 0.1) is 6.92 Å². The summed E-state index contributed by atoms with van der Waals surface area (Å²) in [7, 11) is 0. The van der Waals surface area contributed by atoms with Gasteiger partial charge in [0.15, 0.2) is 9.35 Å². The molecule has 0 bridgehead atoms. The van der Waals surface area contributed by atoms with E-state index in [0.717, 1.165) is 20.7 Å². The maximum atomic E-state index is 5.83. The van der Waals surface area contributed by atoms with E-state index in [2.05, 4.69) is 26.7 Å². The number of rotatable bonds is 4. The van der Waals surface area contributed by atoms with Crippen molar-refractivity contribution in [1.29, 1.82) is 0 Å².